The lowest BCUT2D eigenvalue weighted by Crippen LogP contribution is -2.56. The van der Waals surface area contributed by atoms with Crippen LogP contribution in [0.3, 0.4) is 0 Å². The lowest BCUT2D eigenvalue weighted by molar-refractivity contribution is -0.236. The van der Waals surface area contributed by atoms with E-state index in [0.717, 1.165) is 26.2 Å². The van der Waals surface area contributed by atoms with Gasteiger partial charge in [-0.25, -0.2) is 0 Å². The lowest BCUT2D eigenvalue weighted by atomic mass is 9.63. The summed E-state index contributed by atoms with van der Waals surface area (Å²) in [6.45, 7) is 4.69. The second kappa shape index (κ2) is 3.81. The Kier molecular flexibility index (Phi) is 2.55. The number of rotatable bonds is 0. The minimum absolute atomic E-state index is 0.0972. The SMILES string of the molecule is CC1=NCCC[C@]12CCCCC21OCCO1. The van der Waals surface area contributed by atoms with Gasteiger partial charge < -0.3 is 9.47 Å². The average molecular weight is 223 g/mol. The van der Waals surface area contributed by atoms with E-state index in [1.165, 1.54) is 37.8 Å². The first-order valence-electron chi connectivity index (χ1n) is 6.59. The molecule has 16 heavy (non-hydrogen) atoms. The zero-order valence-electron chi connectivity index (χ0n) is 10.1. The van der Waals surface area contributed by atoms with Crippen LogP contribution in [-0.4, -0.2) is 31.3 Å². The summed E-state index contributed by atoms with van der Waals surface area (Å²) in [5, 5.41) is 0. The highest BCUT2D eigenvalue weighted by atomic mass is 16.7. The van der Waals surface area contributed by atoms with Crippen molar-refractivity contribution in [1.82, 2.24) is 0 Å². The van der Waals surface area contributed by atoms with Crippen LogP contribution < -0.4 is 0 Å². The van der Waals surface area contributed by atoms with Crippen LogP contribution in [0.5, 0.6) is 0 Å². The van der Waals surface area contributed by atoms with Crippen molar-refractivity contribution in [3.8, 4) is 0 Å². The van der Waals surface area contributed by atoms with Gasteiger partial charge in [0.05, 0.1) is 18.6 Å². The molecule has 0 aromatic rings. The summed E-state index contributed by atoms with van der Waals surface area (Å²) in [6.07, 6.45) is 7.16. The van der Waals surface area contributed by atoms with Crippen molar-refractivity contribution in [1.29, 1.82) is 0 Å². The number of hydrogen-bond donors (Lipinski definition) is 0. The maximum atomic E-state index is 6.04. The Labute approximate surface area is 97.2 Å². The zero-order chi connectivity index (χ0) is 11.1. The maximum absolute atomic E-state index is 6.04. The summed E-state index contributed by atoms with van der Waals surface area (Å²) in [6, 6.07) is 0. The van der Waals surface area contributed by atoms with Crippen molar-refractivity contribution in [3.05, 3.63) is 0 Å². The first-order valence-corrected chi connectivity index (χ1v) is 6.59. The van der Waals surface area contributed by atoms with E-state index in [-0.39, 0.29) is 11.2 Å². The second-order valence-corrected chi connectivity index (χ2v) is 5.31. The normalized spacial score (nSPS) is 37.9. The van der Waals surface area contributed by atoms with E-state index in [1.54, 1.807) is 0 Å². The van der Waals surface area contributed by atoms with Crippen molar-refractivity contribution in [2.75, 3.05) is 19.8 Å². The van der Waals surface area contributed by atoms with Crippen LogP contribution in [0.1, 0.15) is 45.4 Å². The summed E-state index contributed by atoms with van der Waals surface area (Å²) < 4.78 is 12.1. The fraction of sp³-hybridized carbons (Fsp3) is 0.923. The molecule has 0 unspecified atom stereocenters. The van der Waals surface area contributed by atoms with Crippen LogP contribution in [0.4, 0.5) is 0 Å². The average Bonchev–Trinajstić information content (AvgIpc) is 2.76. The molecule has 2 spiro atoms. The van der Waals surface area contributed by atoms with Crippen LogP contribution in [0.2, 0.25) is 0 Å². The molecule has 2 heterocycles. The minimum Gasteiger partial charge on any atom is -0.347 e. The molecule has 1 atom stereocenters. The molecule has 90 valence electrons. The number of aliphatic imine (C=N–C) groups is 1. The zero-order valence-corrected chi connectivity index (χ0v) is 10.1. The van der Waals surface area contributed by atoms with Gasteiger partial charge >= 0.3 is 0 Å². The van der Waals surface area contributed by atoms with E-state index in [0.29, 0.717) is 0 Å². The van der Waals surface area contributed by atoms with Gasteiger partial charge in [0, 0.05) is 18.7 Å². The van der Waals surface area contributed by atoms with Crippen LogP contribution in [0.25, 0.3) is 0 Å². The third kappa shape index (κ3) is 1.31. The highest BCUT2D eigenvalue weighted by Gasteiger charge is 2.58. The molecule has 0 radical (unpaired) electrons. The van der Waals surface area contributed by atoms with E-state index in [1.807, 2.05) is 0 Å². The van der Waals surface area contributed by atoms with E-state index in [4.69, 9.17) is 9.47 Å². The molecule has 3 rings (SSSR count). The van der Waals surface area contributed by atoms with Gasteiger partial charge in [-0.05, 0) is 32.6 Å². The maximum Gasteiger partial charge on any atom is 0.179 e. The van der Waals surface area contributed by atoms with Crippen molar-refractivity contribution >= 4 is 5.71 Å². The first-order chi connectivity index (χ1) is 7.79. The summed E-state index contributed by atoms with van der Waals surface area (Å²) in [7, 11) is 0. The largest absolute Gasteiger partial charge is 0.347 e. The molecule has 2 aliphatic heterocycles. The van der Waals surface area contributed by atoms with Crippen LogP contribution in [-0.2, 0) is 9.47 Å². The van der Waals surface area contributed by atoms with Crippen LogP contribution in [0.15, 0.2) is 4.99 Å². The molecule has 0 bridgehead atoms. The van der Waals surface area contributed by atoms with Crippen molar-refractivity contribution in [2.45, 2.75) is 51.2 Å². The third-order valence-electron chi connectivity index (χ3n) is 4.65. The topological polar surface area (TPSA) is 30.8 Å². The van der Waals surface area contributed by atoms with Crippen molar-refractivity contribution in [3.63, 3.8) is 0 Å². The van der Waals surface area contributed by atoms with E-state index >= 15 is 0 Å². The molecule has 3 heteroatoms. The Hall–Kier alpha value is -0.410. The molecule has 0 aromatic heterocycles. The monoisotopic (exact) mass is 223 g/mol. The van der Waals surface area contributed by atoms with Gasteiger partial charge in [0.15, 0.2) is 5.79 Å². The van der Waals surface area contributed by atoms with E-state index in [9.17, 15) is 0 Å². The highest BCUT2D eigenvalue weighted by Crippen LogP contribution is 2.53. The molecular weight excluding hydrogens is 202 g/mol. The lowest BCUT2D eigenvalue weighted by Gasteiger charge is -2.51. The van der Waals surface area contributed by atoms with Gasteiger partial charge in [-0.2, -0.15) is 0 Å². The highest BCUT2D eigenvalue weighted by molar-refractivity contribution is 5.89. The Balaban J connectivity index is 2.01. The van der Waals surface area contributed by atoms with E-state index in [2.05, 4.69) is 11.9 Å². The molecule has 1 saturated carbocycles. The number of fused-ring (bicyclic) bond motifs is 1. The predicted octanol–water partition coefficient (Wildman–Crippen LogP) is 2.54. The Morgan fingerprint density at radius 1 is 1.00 bits per heavy atom. The molecule has 1 saturated heterocycles. The molecular formula is C13H21NO2. The number of ether oxygens (including phenoxy) is 2. The Bertz CT molecular complexity index is 307. The van der Waals surface area contributed by atoms with Gasteiger partial charge in [-0.3, -0.25) is 4.99 Å². The molecule has 3 aliphatic rings. The second-order valence-electron chi connectivity index (χ2n) is 5.31. The van der Waals surface area contributed by atoms with Gasteiger partial charge in [0.2, 0.25) is 0 Å². The van der Waals surface area contributed by atoms with Gasteiger partial charge in [0.1, 0.15) is 0 Å². The molecule has 3 nitrogen and oxygen atoms in total. The standard InChI is InChI=1S/C13H21NO2/c1-11-12(6-4-8-14-11)5-2-3-7-13(12)15-9-10-16-13/h2-10H2,1H3/t12-/m1/s1. The summed E-state index contributed by atoms with van der Waals surface area (Å²) in [5.74, 6) is -0.320. The summed E-state index contributed by atoms with van der Waals surface area (Å²) >= 11 is 0. The molecule has 0 N–H and O–H groups in total. The van der Waals surface area contributed by atoms with Crippen molar-refractivity contribution in [2.24, 2.45) is 10.4 Å². The minimum atomic E-state index is -0.320. The first kappa shape index (κ1) is 10.7. The van der Waals surface area contributed by atoms with Crippen LogP contribution >= 0.6 is 0 Å². The predicted molar refractivity (Wildman–Crippen MR) is 62.7 cm³/mol. The smallest absolute Gasteiger partial charge is 0.179 e. The summed E-state index contributed by atoms with van der Waals surface area (Å²) in [5.41, 5.74) is 1.38. The molecule has 1 aliphatic carbocycles. The molecule has 2 fully saturated rings. The molecule has 0 amide bonds. The fourth-order valence-electron chi connectivity index (χ4n) is 3.82. The van der Waals surface area contributed by atoms with Gasteiger partial charge in [0.25, 0.3) is 0 Å². The van der Waals surface area contributed by atoms with Gasteiger partial charge in [-0.1, -0.05) is 6.42 Å². The van der Waals surface area contributed by atoms with Crippen molar-refractivity contribution < 1.29 is 9.47 Å². The van der Waals surface area contributed by atoms with Crippen LogP contribution in [0, 0.1) is 5.41 Å². The number of nitrogens with zero attached hydrogens (tertiary/aromatic N) is 1. The Morgan fingerprint density at radius 3 is 2.44 bits per heavy atom. The fourth-order valence-corrected chi connectivity index (χ4v) is 3.82. The summed E-state index contributed by atoms with van der Waals surface area (Å²) in [4.78, 5) is 4.68. The van der Waals surface area contributed by atoms with E-state index < -0.39 is 0 Å². The third-order valence-corrected chi connectivity index (χ3v) is 4.65. The quantitative estimate of drug-likeness (QED) is 0.632. The number of hydrogen-bond acceptors (Lipinski definition) is 3. The Morgan fingerprint density at radius 2 is 1.69 bits per heavy atom. The molecule has 0 aromatic carbocycles. The van der Waals surface area contributed by atoms with Gasteiger partial charge in [-0.15, -0.1) is 0 Å².